The highest BCUT2D eigenvalue weighted by molar-refractivity contribution is 5.92. The van der Waals surface area contributed by atoms with Crippen molar-refractivity contribution in [2.45, 2.75) is 39.5 Å². The van der Waals surface area contributed by atoms with Crippen molar-refractivity contribution in [1.29, 1.82) is 0 Å². The van der Waals surface area contributed by atoms with Crippen LogP contribution in [-0.2, 0) is 19.1 Å². The number of nitrogens with one attached hydrogen (secondary N) is 2. The lowest BCUT2D eigenvalue weighted by atomic mass is 10.2. The Balaban J connectivity index is 3.46. The van der Waals surface area contributed by atoms with E-state index in [1.165, 1.54) is 0 Å². The van der Waals surface area contributed by atoms with Crippen molar-refractivity contribution >= 4 is 17.8 Å². The van der Waals surface area contributed by atoms with Crippen molar-refractivity contribution in [2.24, 2.45) is 0 Å². The molecular weight excluding hydrogens is 260 g/mol. The Morgan fingerprint density at radius 3 is 2.20 bits per heavy atom. The van der Waals surface area contributed by atoms with Gasteiger partial charge in [-0.05, 0) is 26.7 Å². The number of hydrogen-bond acceptors (Lipinski definition) is 4. The first-order chi connectivity index (χ1) is 9.47. The molecule has 0 aliphatic carbocycles. The minimum atomic E-state index is -0.356. The topological polar surface area (TPSA) is 84.5 Å². The zero-order valence-electron chi connectivity index (χ0n) is 12.3. The van der Waals surface area contributed by atoms with Gasteiger partial charge in [-0.25, -0.2) is 0 Å². The molecule has 114 valence electrons. The highest BCUT2D eigenvalue weighted by atomic mass is 16.5. The molecule has 0 aliphatic heterocycles. The predicted octanol–water partition coefficient (Wildman–Crippen LogP) is 0.918. The molecule has 20 heavy (non-hydrogen) atoms. The first-order valence-electron chi connectivity index (χ1n) is 6.83. The van der Waals surface area contributed by atoms with Gasteiger partial charge in [0, 0.05) is 25.1 Å². The summed E-state index contributed by atoms with van der Waals surface area (Å²) in [6.07, 6.45) is 1.79. The van der Waals surface area contributed by atoms with Crippen LogP contribution in [0.3, 0.4) is 0 Å². The number of rotatable bonds is 10. The lowest BCUT2D eigenvalue weighted by Crippen LogP contribution is -2.27. The third kappa shape index (κ3) is 10.1. The quantitative estimate of drug-likeness (QED) is 0.355. The van der Waals surface area contributed by atoms with Crippen LogP contribution >= 0.6 is 0 Å². The van der Waals surface area contributed by atoms with Crippen LogP contribution in [0.2, 0.25) is 0 Å². The van der Waals surface area contributed by atoms with E-state index in [4.69, 9.17) is 4.74 Å². The molecule has 0 spiro atoms. The van der Waals surface area contributed by atoms with Crippen LogP contribution in [0.4, 0.5) is 0 Å². The van der Waals surface area contributed by atoms with Crippen LogP contribution < -0.4 is 10.6 Å². The molecule has 0 bridgehead atoms. The molecule has 0 heterocycles. The minimum absolute atomic E-state index is 0.105. The number of carbonyl (C=O) groups is 3. The summed E-state index contributed by atoms with van der Waals surface area (Å²) < 4.78 is 4.73. The average molecular weight is 284 g/mol. The predicted molar refractivity (Wildman–Crippen MR) is 75.9 cm³/mol. The molecule has 0 rings (SSSR count). The number of carbonyl (C=O) groups excluding carboxylic acids is 3. The van der Waals surface area contributed by atoms with Crippen molar-refractivity contribution < 1.29 is 19.1 Å². The monoisotopic (exact) mass is 284 g/mol. The number of amides is 2. The first kappa shape index (κ1) is 18.1. The fourth-order valence-corrected chi connectivity index (χ4v) is 1.37. The lowest BCUT2D eigenvalue weighted by Gasteiger charge is -2.06. The van der Waals surface area contributed by atoms with E-state index in [-0.39, 0.29) is 30.6 Å². The summed E-state index contributed by atoms with van der Waals surface area (Å²) in [6, 6.07) is 0. The third-order valence-corrected chi connectivity index (χ3v) is 2.46. The summed E-state index contributed by atoms with van der Waals surface area (Å²) in [6.45, 7) is 8.33. The first-order valence-corrected chi connectivity index (χ1v) is 6.83. The molecule has 6 nitrogen and oxygen atoms in total. The number of hydrogen-bond donors (Lipinski definition) is 2. The second-order valence-electron chi connectivity index (χ2n) is 4.40. The molecule has 2 amide bonds. The molecule has 6 heteroatoms. The summed E-state index contributed by atoms with van der Waals surface area (Å²) >= 11 is 0. The standard InChI is InChI=1S/C14H24N2O4/c1-4-20-13(18)8-7-12(17)15-9-5-6-10-16-14(19)11(2)3/h2,4-10H2,1,3H3,(H,15,17)(H,16,19). The molecule has 0 saturated carbocycles. The summed E-state index contributed by atoms with van der Waals surface area (Å²) in [5, 5.41) is 5.43. The lowest BCUT2D eigenvalue weighted by molar-refractivity contribution is -0.144. The van der Waals surface area contributed by atoms with Gasteiger partial charge in [-0.1, -0.05) is 6.58 Å². The largest absolute Gasteiger partial charge is 0.466 e. The minimum Gasteiger partial charge on any atom is -0.466 e. The molecule has 0 aromatic heterocycles. The van der Waals surface area contributed by atoms with Gasteiger partial charge < -0.3 is 15.4 Å². The van der Waals surface area contributed by atoms with Gasteiger partial charge in [-0.15, -0.1) is 0 Å². The fraction of sp³-hybridized carbons (Fsp3) is 0.643. The van der Waals surface area contributed by atoms with Crippen molar-refractivity contribution in [3.05, 3.63) is 12.2 Å². The van der Waals surface area contributed by atoms with E-state index in [0.717, 1.165) is 12.8 Å². The Hall–Kier alpha value is -1.85. The smallest absolute Gasteiger partial charge is 0.306 e. The highest BCUT2D eigenvalue weighted by Crippen LogP contribution is 1.94. The Kier molecular flexibility index (Phi) is 10.00. The molecule has 0 aromatic carbocycles. The summed E-state index contributed by atoms with van der Waals surface area (Å²) in [5.74, 6) is -0.669. The molecule has 0 saturated heterocycles. The molecule has 0 atom stereocenters. The van der Waals surface area contributed by atoms with Gasteiger partial charge in [-0.3, -0.25) is 14.4 Å². The molecular formula is C14H24N2O4. The molecule has 0 fully saturated rings. The number of esters is 1. The SMILES string of the molecule is C=C(C)C(=O)NCCCCNC(=O)CCC(=O)OCC. The summed E-state index contributed by atoms with van der Waals surface area (Å²) in [7, 11) is 0. The second kappa shape index (κ2) is 11.0. The maximum absolute atomic E-state index is 11.4. The van der Waals surface area contributed by atoms with Gasteiger partial charge in [0.2, 0.25) is 11.8 Å². The van der Waals surface area contributed by atoms with Crippen LogP contribution in [0.25, 0.3) is 0 Å². The summed E-state index contributed by atoms with van der Waals surface area (Å²) in [5.41, 5.74) is 0.484. The van der Waals surface area contributed by atoms with Crippen molar-refractivity contribution in [3.63, 3.8) is 0 Å². The van der Waals surface area contributed by atoms with Crippen molar-refractivity contribution in [2.75, 3.05) is 19.7 Å². The van der Waals surface area contributed by atoms with Crippen LogP contribution in [0, 0.1) is 0 Å². The van der Waals surface area contributed by atoms with E-state index in [1.54, 1.807) is 13.8 Å². The van der Waals surface area contributed by atoms with E-state index in [9.17, 15) is 14.4 Å². The fourth-order valence-electron chi connectivity index (χ4n) is 1.37. The zero-order valence-corrected chi connectivity index (χ0v) is 12.3. The molecule has 0 unspecified atom stereocenters. The third-order valence-electron chi connectivity index (χ3n) is 2.46. The van der Waals surface area contributed by atoms with E-state index in [0.29, 0.717) is 25.3 Å². The van der Waals surface area contributed by atoms with Crippen LogP contribution in [0.15, 0.2) is 12.2 Å². The zero-order chi connectivity index (χ0) is 15.4. The van der Waals surface area contributed by atoms with Gasteiger partial charge in [0.1, 0.15) is 0 Å². The van der Waals surface area contributed by atoms with E-state index in [2.05, 4.69) is 17.2 Å². The Labute approximate surface area is 119 Å². The highest BCUT2D eigenvalue weighted by Gasteiger charge is 2.06. The molecule has 0 radical (unpaired) electrons. The Morgan fingerprint density at radius 2 is 1.65 bits per heavy atom. The van der Waals surface area contributed by atoms with Gasteiger partial charge >= 0.3 is 5.97 Å². The van der Waals surface area contributed by atoms with Gasteiger partial charge in [0.15, 0.2) is 0 Å². The average Bonchev–Trinajstić information content (AvgIpc) is 2.40. The number of unbranched alkanes of at least 4 members (excludes halogenated alkanes) is 1. The van der Waals surface area contributed by atoms with Gasteiger partial charge in [-0.2, -0.15) is 0 Å². The van der Waals surface area contributed by atoms with Crippen molar-refractivity contribution in [1.82, 2.24) is 10.6 Å². The molecule has 2 N–H and O–H groups in total. The van der Waals surface area contributed by atoms with Gasteiger partial charge in [0.25, 0.3) is 0 Å². The van der Waals surface area contributed by atoms with E-state index in [1.807, 2.05) is 0 Å². The van der Waals surface area contributed by atoms with E-state index < -0.39 is 0 Å². The maximum Gasteiger partial charge on any atom is 0.306 e. The normalized spacial score (nSPS) is 9.70. The second-order valence-corrected chi connectivity index (χ2v) is 4.40. The van der Waals surface area contributed by atoms with E-state index >= 15 is 0 Å². The Morgan fingerprint density at radius 1 is 1.05 bits per heavy atom. The molecule has 0 aromatic rings. The number of ether oxygens (including phenoxy) is 1. The van der Waals surface area contributed by atoms with Gasteiger partial charge in [0.05, 0.1) is 13.0 Å². The Bertz CT molecular complexity index is 353. The van der Waals surface area contributed by atoms with Crippen LogP contribution in [-0.4, -0.2) is 37.5 Å². The van der Waals surface area contributed by atoms with Crippen LogP contribution in [0.1, 0.15) is 39.5 Å². The summed E-state index contributed by atoms with van der Waals surface area (Å²) in [4.78, 5) is 33.6. The van der Waals surface area contributed by atoms with Crippen molar-refractivity contribution in [3.8, 4) is 0 Å². The van der Waals surface area contributed by atoms with Crippen LogP contribution in [0.5, 0.6) is 0 Å². The maximum atomic E-state index is 11.4. The molecule has 0 aliphatic rings.